The Hall–Kier alpha value is -0.970. The van der Waals surface area contributed by atoms with Gasteiger partial charge in [-0.15, -0.1) is 0 Å². The second kappa shape index (κ2) is 5.19. The molecule has 0 spiro atoms. The van der Waals surface area contributed by atoms with E-state index in [1.165, 1.54) is 0 Å². The van der Waals surface area contributed by atoms with Gasteiger partial charge in [-0.2, -0.15) is 0 Å². The van der Waals surface area contributed by atoms with E-state index in [-0.39, 0.29) is 6.10 Å². The lowest BCUT2D eigenvalue weighted by Gasteiger charge is -2.25. The Morgan fingerprint density at radius 3 is 2.53 bits per heavy atom. The van der Waals surface area contributed by atoms with Crippen LogP contribution in [0.15, 0.2) is 12.1 Å². The van der Waals surface area contributed by atoms with Gasteiger partial charge in [-0.25, -0.2) is 0 Å². The Morgan fingerprint density at radius 2 is 1.89 bits per heavy atom. The smallest absolute Gasteiger partial charge is 0.162 e. The quantitative estimate of drug-likeness (QED) is 0.907. The minimum Gasteiger partial charge on any atom is -0.486 e. The van der Waals surface area contributed by atoms with Crippen molar-refractivity contribution < 1.29 is 19.3 Å². The number of hydrogen-bond acceptors (Lipinski definition) is 4. The minimum absolute atomic E-state index is 0.208. The summed E-state index contributed by atoms with van der Waals surface area (Å²) in [7, 11) is 0. The fourth-order valence-electron chi connectivity index (χ4n) is 2.60. The number of fused-ring (bicyclic) bond motifs is 1. The largest absolute Gasteiger partial charge is 0.486 e. The van der Waals surface area contributed by atoms with Crippen LogP contribution >= 0.6 is 11.6 Å². The van der Waals surface area contributed by atoms with Crippen molar-refractivity contribution in [3.63, 3.8) is 0 Å². The summed E-state index contributed by atoms with van der Waals surface area (Å²) < 4.78 is 16.6. The highest BCUT2D eigenvalue weighted by molar-refractivity contribution is 6.31. The summed E-state index contributed by atoms with van der Waals surface area (Å²) in [6, 6.07) is 3.46. The van der Waals surface area contributed by atoms with Crippen molar-refractivity contribution >= 4 is 11.6 Å². The summed E-state index contributed by atoms with van der Waals surface area (Å²) in [4.78, 5) is 0. The Balaban J connectivity index is 1.91. The normalized spacial score (nSPS) is 27.3. The molecule has 19 heavy (non-hydrogen) atoms. The van der Waals surface area contributed by atoms with E-state index in [4.69, 9.17) is 25.8 Å². The fraction of sp³-hybridized carbons (Fsp3) is 0.571. The van der Waals surface area contributed by atoms with E-state index >= 15 is 0 Å². The molecule has 3 rings (SSSR count). The van der Waals surface area contributed by atoms with Crippen molar-refractivity contribution in [3.05, 3.63) is 22.7 Å². The summed E-state index contributed by atoms with van der Waals surface area (Å²) in [5.74, 6) is 1.59. The molecular weight excluding hydrogens is 268 g/mol. The molecule has 1 aromatic rings. The van der Waals surface area contributed by atoms with Gasteiger partial charge in [-0.3, -0.25) is 0 Å². The van der Waals surface area contributed by atoms with Gasteiger partial charge in [0.2, 0.25) is 0 Å². The third kappa shape index (κ3) is 2.40. The minimum atomic E-state index is -0.735. The highest BCUT2D eigenvalue weighted by Gasteiger charge is 2.33. The lowest BCUT2D eigenvalue weighted by molar-refractivity contribution is -0.0179. The number of aliphatic hydroxyl groups is 1. The van der Waals surface area contributed by atoms with Gasteiger partial charge in [-0.1, -0.05) is 18.5 Å². The van der Waals surface area contributed by atoms with E-state index in [0.717, 1.165) is 6.42 Å². The van der Waals surface area contributed by atoms with E-state index in [1.54, 1.807) is 12.1 Å². The summed E-state index contributed by atoms with van der Waals surface area (Å²) in [5.41, 5.74) is 0.643. The molecular formula is C14H17ClO4. The van der Waals surface area contributed by atoms with Crippen LogP contribution in [0.3, 0.4) is 0 Å². The highest BCUT2D eigenvalue weighted by atomic mass is 35.5. The molecule has 0 aromatic heterocycles. The molecule has 5 heteroatoms. The van der Waals surface area contributed by atoms with E-state index in [9.17, 15) is 5.11 Å². The lowest BCUT2D eigenvalue weighted by atomic mass is 9.94. The van der Waals surface area contributed by atoms with E-state index in [2.05, 4.69) is 6.92 Å². The van der Waals surface area contributed by atoms with Gasteiger partial charge in [0, 0.05) is 18.2 Å². The topological polar surface area (TPSA) is 47.9 Å². The third-order valence-corrected chi connectivity index (χ3v) is 4.06. The van der Waals surface area contributed by atoms with Gasteiger partial charge < -0.3 is 19.3 Å². The van der Waals surface area contributed by atoms with Gasteiger partial charge in [-0.05, 0) is 18.4 Å². The predicted octanol–water partition coefficient (Wildman–Crippen LogP) is 2.57. The zero-order valence-electron chi connectivity index (χ0n) is 10.8. The molecule has 4 nitrogen and oxygen atoms in total. The van der Waals surface area contributed by atoms with Crippen LogP contribution in [0.2, 0.25) is 5.02 Å². The van der Waals surface area contributed by atoms with Crippen molar-refractivity contribution in [2.45, 2.75) is 25.6 Å². The molecule has 1 N–H and O–H groups in total. The molecule has 1 saturated heterocycles. The first-order valence-corrected chi connectivity index (χ1v) is 6.93. The Labute approximate surface area is 117 Å². The van der Waals surface area contributed by atoms with Gasteiger partial charge in [0.1, 0.15) is 19.3 Å². The number of halogens is 1. The van der Waals surface area contributed by atoms with Crippen LogP contribution in [-0.2, 0) is 4.74 Å². The SMILES string of the molecule is CC1CCOC1C(O)c1cc2c(cc1Cl)OCCO2. The first-order valence-electron chi connectivity index (χ1n) is 6.55. The van der Waals surface area contributed by atoms with Crippen LogP contribution in [0.25, 0.3) is 0 Å². The summed E-state index contributed by atoms with van der Waals surface area (Å²) in [6.07, 6.45) is 0.0186. The summed E-state index contributed by atoms with van der Waals surface area (Å²) in [5, 5.41) is 11.0. The first-order chi connectivity index (χ1) is 9.16. The molecule has 2 heterocycles. The molecule has 0 aliphatic carbocycles. The molecule has 2 aliphatic rings. The zero-order valence-corrected chi connectivity index (χ0v) is 11.5. The van der Waals surface area contributed by atoms with E-state index < -0.39 is 6.10 Å². The van der Waals surface area contributed by atoms with Gasteiger partial charge in [0.25, 0.3) is 0 Å². The molecule has 0 saturated carbocycles. The number of ether oxygens (including phenoxy) is 3. The summed E-state index contributed by atoms with van der Waals surface area (Å²) >= 11 is 6.23. The number of benzene rings is 1. The van der Waals surface area contributed by atoms with Crippen LogP contribution in [0.4, 0.5) is 0 Å². The number of aliphatic hydroxyl groups excluding tert-OH is 1. The molecule has 0 amide bonds. The van der Waals surface area contributed by atoms with Gasteiger partial charge in [0.15, 0.2) is 11.5 Å². The van der Waals surface area contributed by atoms with Gasteiger partial charge in [0.05, 0.1) is 11.1 Å². The van der Waals surface area contributed by atoms with Crippen molar-refractivity contribution in [1.82, 2.24) is 0 Å². The second-order valence-electron chi connectivity index (χ2n) is 5.06. The fourth-order valence-corrected chi connectivity index (χ4v) is 2.87. The summed E-state index contributed by atoms with van der Waals surface area (Å²) in [6.45, 7) is 3.80. The van der Waals surface area contributed by atoms with Crippen molar-refractivity contribution in [2.24, 2.45) is 5.92 Å². The van der Waals surface area contributed by atoms with Gasteiger partial charge >= 0.3 is 0 Å². The van der Waals surface area contributed by atoms with E-state index in [0.29, 0.717) is 47.8 Å². The van der Waals surface area contributed by atoms with Crippen LogP contribution in [0.1, 0.15) is 25.0 Å². The van der Waals surface area contributed by atoms with Crippen LogP contribution in [-0.4, -0.2) is 31.0 Å². The predicted molar refractivity (Wildman–Crippen MR) is 70.9 cm³/mol. The second-order valence-corrected chi connectivity index (χ2v) is 5.47. The van der Waals surface area contributed by atoms with Crippen LogP contribution in [0.5, 0.6) is 11.5 Å². The molecule has 3 atom stereocenters. The van der Waals surface area contributed by atoms with E-state index in [1.807, 2.05) is 0 Å². The molecule has 3 unspecified atom stereocenters. The molecule has 0 radical (unpaired) electrons. The van der Waals surface area contributed by atoms with Crippen LogP contribution in [0, 0.1) is 5.92 Å². The van der Waals surface area contributed by atoms with Crippen molar-refractivity contribution in [1.29, 1.82) is 0 Å². The molecule has 104 valence electrons. The lowest BCUT2D eigenvalue weighted by Crippen LogP contribution is -2.24. The maximum atomic E-state index is 10.5. The van der Waals surface area contributed by atoms with Crippen molar-refractivity contribution in [3.8, 4) is 11.5 Å². The Morgan fingerprint density at radius 1 is 1.21 bits per heavy atom. The zero-order chi connectivity index (χ0) is 13.4. The average Bonchev–Trinajstić information content (AvgIpc) is 2.83. The number of rotatable bonds is 2. The standard InChI is InChI=1S/C14H17ClO4/c1-8-2-3-19-14(8)13(16)9-6-11-12(7-10(9)15)18-5-4-17-11/h6-8,13-14,16H,2-5H2,1H3. The average molecular weight is 285 g/mol. The highest BCUT2D eigenvalue weighted by Crippen LogP contribution is 2.40. The third-order valence-electron chi connectivity index (χ3n) is 3.74. The molecule has 1 fully saturated rings. The van der Waals surface area contributed by atoms with Crippen LogP contribution < -0.4 is 9.47 Å². The van der Waals surface area contributed by atoms with Crippen molar-refractivity contribution in [2.75, 3.05) is 19.8 Å². The Kier molecular flexibility index (Phi) is 3.56. The molecule has 1 aromatic carbocycles. The molecule has 0 bridgehead atoms. The Bertz CT molecular complexity index is 477. The first kappa shape index (κ1) is 13.0. The monoisotopic (exact) mass is 284 g/mol. The maximum absolute atomic E-state index is 10.5. The maximum Gasteiger partial charge on any atom is 0.162 e. The number of hydrogen-bond donors (Lipinski definition) is 1. The molecule has 2 aliphatic heterocycles.